The highest BCUT2D eigenvalue weighted by Crippen LogP contribution is 2.27. The Labute approximate surface area is 158 Å². The maximum atomic E-state index is 12.3. The summed E-state index contributed by atoms with van der Waals surface area (Å²) in [5, 5.41) is 0. The lowest BCUT2D eigenvalue weighted by Gasteiger charge is -2.12. The zero-order chi connectivity index (χ0) is 19.3. The topological polar surface area (TPSA) is 69.7 Å². The van der Waals surface area contributed by atoms with Crippen LogP contribution >= 0.6 is 0 Å². The van der Waals surface area contributed by atoms with E-state index in [0.29, 0.717) is 5.75 Å². The molecule has 3 aromatic carbocycles. The highest BCUT2D eigenvalue weighted by atomic mass is 32.2. The number of carbonyl (C=O) groups is 1. The fourth-order valence-electron chi connectivity index (χ4n) is 2.43. The van der Waals surface area contributed by atoms with Crippen molar-refractivity contribution in [3.8, 4) is 11.5 Å². The van der Waals surface area contributed by atoms with Crippen molar-refractivity contribution in [2.75, 3.05) is 6.26 Å². The van der Waals surface area contributed by atoms with Gasteiger partial charge in [0.1, 0.15) is 23.0 Å². The zero-order valence-electron chi connectivity index (χ0n) is 14.7. The number of carbonyl (C=O) groups excluding carboxylic acids is 1. The molecule has 138 valence electrons. The molecule has 27 heavy (non-hydrogen) atoms. The lowest BCUT2D eigenvalue weighted by Crippen LogP contribution is -2.11. The number of rotatable bonds is 6. The first kappa shape index (κ1) is 18.7. The maximum Gasteiger partial charge on any atom is 0.343 e. The van der Waals surface area contributed by atoms with Gasteiger partial charge in [0.15, 0.2) is 9.84 Å². The molecule has 0 bridgehead atoms. The first-order chi connectivity index (χ1) is 12.9. The standard InChI is InChI=1S/C21H18O5S/c1-27(23,24)20-14-17(21(22)26-18-10-6-3-7-11-18)12-13-19(20)25-15-16-8-4-2-5-9-16/h2-14H,15H2,1H3. The molecule has 6 heteroatoms. The summed E-state index contributed by atoms with van der Waals surface area (Å²) in [6, 6.07) is 22.2. The van der Waals surface area contributed by atoms with Crippen molar-refractivity contribution in [3.63, 3.8) is 0 Å². The molecule has 0 fully saturated rings. The molecule has 0 heterocycles. The predicted molar refractivity (Wildman–Crippen MR) is 102 cm³/mol. The molecule has 0 aliphatic rings. The van der Waals surface area contributed by atoms with Crippen molar-refractivity contribution < 1.29 is 22.7 Å². The number of benzene rings is 3. The number of hydrogen-bond donors (Lipinski definition) is 0. The molecule has 0 radical (unpaired) electrons. The minimum absolute atomic E-state index is 0.0547. The largest absolute Gasteiger partial charge is 0.488 e. The van der Waals surface area contributed by atoms with Crippen LogP contribution in [0.3, 0.4) is 0 Å². The fraction of sp³-hybridized carbons (Fsp3) is 0.0952. The molecule has 0 N–H and O–H groups in total. The normalized spacial score (nSPS) is 11.0. The van der Waals surface area contributed by atoms with E-state index in [2.05, 4.69) is 0 Å². The summed E-state index contributed by atoms with van der Waals surface area (Å²) in [6.45, 7) is 0.219. The van der Waals surface area contributed by atoms with Crippen LogP contribution in [0.15, 0.2) is 83.8 Å². The van der Waals surface area contributed by atoms with Crippen LogP contribution in [-0.4, -0.2) is 20.6 Å². The van der Waals surface area contributed by atoms with Crippen LogP contribution in [-0.2, 0) is 16.4 Å². The van der Waals surface area contributed by atoms with E-state index in [-0.39, 0.29) is 22.8 Å². The van der Waals surface area contributed by atoms with Crippen molar-refractivity contribution >= 4 is 15.8 Å². The molecule has 0 unspecified atom stereocenters. The van der Waals surface area contributed by atoms with Gasteiger partial charge in [-0.05, 0) is 35.9 Å². The first-order valence-corrected chi connectivity index (χ1v) is 10.1. The van der Waals surface area contributed by atoms with Gasteiger partial charge in [-0.2, -0.15) is 0 Å². The minimum Gasteiger partial charge on any atom is -0.488 e. The van der Waals surface area contributed by atoms with Crippen molar-refractivity contribution in [2.45, 2.75) is 11.5 Å². The van der Waals surface area contributed by atoms with Crippen LogP contribution in [0.25, 0.3) is 0 Å². The Morgan fingerprint density at radius 3 is 2.15 bits per heavy atom. The second-order valence-electron chi connectivity index (χ2n) is 5.91. The van der Waals surface area contributed by atoms with E-state index in [1.54, 1.807) is 30.3 Å². The van der Waals surface area contributed by atoms with Gasteiger partial charge >= 0.3 is 5.97 Å². The van der Waals surface area contributed by atoms with Gasteiger partial charge < -0.3 is 9.47 Å². The van der Waals surface area contributed by atoms with E-state index in [0.717, 1.165) is 11.8 Å². The summed E-state index contributed by atoms with van der Waals surface area (Å²) < 4.78 is 35.3. The summed E-state index contributed by atoms with van der Waals surface area (Å²) >= 11 is 0. The Bertz CT molecular complexity index is 1030. The van der Waals surface area contributed by atoms with Gasteiger partial charge in [-0.15, -0.1) is 0 Å². The summed E-state index contributed by atoms with van der Waals surface area (Å²) in [5.74, 6) is -0.0638. The van der Waals surface area contributed by atoms with Crippen molar-refractivity contribution in [1.82, 2.24) is 0 Å². The van der Waals surface area contributed by atoms with E-state index in [1.165, 1.54) is 18.2 Å². The Kier molecular flexibility index (Phi) is 5.57. The van der Waals surface area contributed by atoms with E-state index >= 15 is 0 Å². The second-order valence-corrected chi connectivity index (χ2v) is 7.89. The van der Waals surface area contributed by atoms with Crippen LogP contribution in [0.4, 0.5) is 0 Å². The minimum atomic E-state index is -3.60. The number of hydrogen-bond acceptors (Lipinski definition) is 5. The van der Waals surface area contributed by atoms with Gasteiger partial charge in [0.25, 0.3) is 0 Å². The molecular weight excluding hydrogens is 364 g/mol. The summed E-state index contributed by atoms with van der Waals surface area (Å²) in [7, 11) is -3.60. The maximum absolute atomic E-state index is 12.3. The van der Waals surface area contributed by atoms with Crippen LogP contribution in [0, 0.1) is 0 Å². The quantitative estimate of drug-likeness (QED) is 0.478. The Balaban J connectivity index is 1.84. The third-order valence-corrected chi connectivity index (χ3v) is 4.89. The molecule has 3 rings (SSSR count). The third kappa shape index (κ3) is 4.95. The zero-order valence-corrected chi connectivity index (χ0v) is 15.5. The second kappa shape index (κ2) is 8.05. The third-order valence-electron chi connectivity index (χ3n) is 3.77. The summed E-state index contributed by atoms with van der Waals surface area (Å²) in [4.78, 5) is 12.3. The number of esters is 1. The fourth-order valence-corrected chi connectivity index (χ4v) is 3.27. The Hall–Kier alpha value is -3.12. The summed E-state index contributed by atoms with van der Waals surface area (Å²) in [5.41, 5.74) is 1.04. The molecular formula is C21H18O5S. The lowest BCUT2D eigenvalue weighted by atomic mass is 10.2. The van der Waals surface area contributed by atoms with Crippen LogP contribution < -0.4 is 9.47 Å². The van der Waals surface area contributed by atoms with E-state index < -0.39 is 15.8 Å². The highest BCUT2D eigenvalue weighted by molar-refractivity contribution is 7.90. The molecule has 0 saturated carbocycles. The van der Waals surface area contributed by atoms with Gasteiger partial charge in [-0.3, -0.25) is 0 Å². The van der Waals surface area contributed by atoms with Gasteiger partial charge in [0, 0.05) is 6.26 Å². The van der Waals surface area contributed by atoms with Crippen LogP contribution in [0.2, 0.25) is 0 Å². The Morgan fingerprint density at radius 2 is 1.52 bits per heavy atom. The van der Waals surface area contributed by atoms with Gasteiger partial charge in [0.2, 0.25) is 0 Å². The number of para-hydroxylation sites is 1. The van der Waals surface area contributed by atoms with Gasteiger partial charge in [0.05, 0.1) is 5.56 Å². The first-order valence-electron chi connectivity index (χ1n) is 8.21. The van der Waals surface area contributed by atoms with E-state index in [9.17, 15) is 13.2 Å². The SMILES string of the molecule is CS(=O)(=O)c1cc(C(=O)Oc2ccccc2)ccc1OCc1ccccc1. The van der Waals surface area contributed by atoms with Crippen molar-refractivity contribution in [1.29, 1.82) is 0 Å². The molecule has 0 atom stereocenters. The smallest absolute Gasteiger partial charge is 0.343 e. The van der Waals surface area contributed by atoms with E-state index in [1.807, 2.05) is 30.3 Å². The lowest BCUT2D eigenvalue weighted by molar-refractivity contribution is 0.0734. The number of sulfone groups is 1. The molecule has 3 aromatic rings. The molecule has 0 saturated heterocycles. The van der Waals surface area contributed by atoms with Crippen molar-refractivity contribution in [3.05, 3.63) is 90.0 Å². The molecule has 5 nitrogen and oxygen atoms in total. The van der Waals surface area contributed by atoms with Crippen molar-refractivity contribution in [2.24, 2.45) is 0 Å². The van der Waals surface area contributed by atoms with Crippen LogP contribution in [0.1, 0.15) is 15.9 Å². The number of ether oxygens (including phenoxy) is 2. The predicted octanol–water partition coefficient (Wildman–Crippen LogP) is 3.89. The van der Waals surface area contributed by atoms with Gasteiger partial charge in [-0.25, -0.2) is 13.2 Å². The Morgan fingerprint density at radius 1 is 0.889 bits per heavy atom. The van der Waals surface area contributed by atoms with Gasteiger partial charge in [-0.1, -0.05) is 48.5 Å². The monoisotopic (exact) mass is 382 g/mol. The molecule has 0 aromatic heterocycles. The average Bonchev–Trinajstić information content (AvgIpc) is 2.67. The molecule has 0 aliphatic carbocycles. The highest BCUT2D eigenvalue weighted by Gasteiger charge is 2.19. The van der Waals surface area contributed by atoms with Crippen LogP contribution in [0.5, 0.6) is 11.5 Å². The summed E-state index contributed by atoms with van der Waals surface area (Å²) in [6.07, 6.45) is 1.07. The molecule has 0 spiro atoms. The molecule has 0 amide bonds. The van der Waals surface area contributed by atoms with E-state index in [4.69, 9.17) is 9.47 Å². The molecule has 0 aliphatic heterocycles. The average molecular weight is 382 g/mol.